The second kappa shape index (κ2) is 5.39. The molecule has 1 aromatic rings. The minimum Gasteiger partial charge on any atom is -0.454 e. The zero-order valence-electron chi connectivity index (χ0n) is 11.3. The van der Waals surface area contributed by atoms with E-state index >= 15 is 0 Å². The summed E-state index contributed by atoms with van der Waals surface area (Å²) in [4.78, 5) is 2.37. The molecule has 2 aliphatic heterocycles. The molecule has 0 bridgehead atoms. The molecular weight excluding hydrogens is 242 g/mol. The van der Waals surface area contributed by atoms with E-state index in [0.717, 1.165) is 36.6 Å². The minimum atomic E-state index is -0.283. The van der Waals surface area contributed by atoms with E-state index in [1.54, 1.807) is 0 Å². The molecule has 0 amide bonds. The van der Waals surface area contributed by atoms with Crippen molar-refractivity contribution in [2.45, 2.75) is 44.9 Å². The fourth-order valence-corrected chi connectivity index (χ4v) is 3.09. The van der Waals surface area contributed by atoms with E-state index in [4.69, 9.17) is 9.47 Å². The minimum absolute atomic E-state index is 0.256. The molecule has 0 saturated carbocycles. The third-order valence-electron chi connectivity index (χ3n) is 4.07. The van der Waals surface area contributed by atoms with Crippen LogP contribution in [0.25, 0.3) is 0 Å². The van der Waals surface area contributed by atoms with E-state index in [2.05, 4.69) is 11.0 Å². The summed E-state index contributed by atoms with van der Waals surface area (Å²) in [6.07, 6.45) is 3.20. The monoisotopic (exact) mass is 263 g/mol. The van der Waals surface area contributed by atoms with Gasteiger partial charge in [0, 0.05) is 18.2 Å². The van der Waals surface area contributed by atoms with E-state index in [0.29, 0.717) is 6.79 Å². The zero-order valence-corrected chi connectivity index (χ0v) is 11.3. The van der Waals surface area contributed by atoms with Crippen molar-refractivity contribution < 1.29 is 14.6 Å². The summed E-state index contributed by atoms with van der Waals surface area (Å²) in [7, 11) is 0. The zero-order chi connectivity index (χ0) is 13.2. The van der Waals surface area contributed by atoms with Crippen molar-refractivity contribution in [2.75, 3.05) is 13.3 Å². The summed E-state index contributed by atoms with van der Waals surface area (Å²) in [6.45, 7) is 4.06. The van der Waals surface area contributed by atoms with Crippen molar-refractivity contribution >= 4 is 0 Å². The number of aliphatic hydroxyl groups is 1. The van der Waals surface area contributed by atoms with Crippen molar-refractivity contribution in [3.63, 3.8) is 0 Å². The summed E-state index contributed by atoms with van der Waals surface area (Å²) < 4.78 is 11.0. The van der Waals surface area contributed by atoms with Gasteiger partial charge in [0.25, 0.3) is 0 Å². The topological polar surface area (TPSA) is 41.9 Å². The molecule has 0 aromatic heterocycles. The third kappa shape index (κ3) is 2.55. The van der Waals surface area contributed by atoms with Gasteiger partial charge >= 0.3 is 0 Å². The fourth-order valence-electron chi connectivity index (χ4n) is 3.09. The number of piperidine rings is 1. The third-order valence-corrected chi connectivity index (χ3v) is 4.07. The maximum atomic E-state index is 9.92. The van der Waals surface area contributed by atoms with E-state index in [1.807, 2.05) is 19.1 Å². The van der Waals surface area contributed by atoms with Crippen LogP contribution in [-0.2, 0) is 6.54 Å². The van der Waals surface area contributed by atoms with Gasteiger partial charge in [0.05, 0.1) is 6.10 Å². The Morgan fingerprint density at radius 1 is 1.37 bits per heavy atom. The highest BCUT2D eigenvalue weighted by atomic mass is 16.7. The number of nitrogens with zero attached hydrogens (tertiary/aromatic N) is 1. The standard InChI is InChI=1S/C15H21NO3/c1-11(17)13-6-2-3-8-16(13)9-12-5-4-7-14-15(12)19-10-18-14/h4-5,7,11,13,17H,2-3,6,8-10H2,1H3. The molecule has 0 spiro atoms. The number of hydrogen-bond donors (Lipinski definition) is 1. The van der Waals surface area contributed by atoms with Crippen LogP contribution in [0.15, 0.2) is 18.2 Å². The molecule has 3 rings (SSSR count). The van der Waals surface area contributed by atoms with Crippen LogP contribution in [0.2, 0.25) is 0 Å². The Morgan fingerprint density at radius 3 is 3.11 bits per heavy atom. The predicted octanol–water partition coefficient (Wildman–Crippen LogP) is 2.15. The average molecular weight is 263 g/mol. The van der Waals surface area contributed by atoms with Gasteiger partial charge in [0.1, 0.15) is 0 Å². The molecule has 1 aromatic carbocycles. The molecule has 4 nitrogen and oxygen atoms in total. The fraction of sp³-hybridized carbons (Fsp3) is 0.600. The van der Waals surface area contributed by atoms with Crippen molar-refractivity contribution in [1.29, 1.82) is 0 Å². The summed E-state index contributed by atoms with van der Waals surface area (Å²) in [5.41, 5.74) is 1.16. The maximum Gasteiger partial charge on any atom is 0.231 e. The number of benzene rings is 1. The maximum absolute atomic E-state index is 9.92. The van der Waals surface area contributed by atoms with Gasteiger partial charge < -0.3 is 14.6 Å². The Bertz CT molecular complexity index is 447. The van der Waals surface area contributed by atoms with Gasteiger partial charge in [0.2, 0.25) is 6.79 Å². The molecule has 0 radical (unpaired) electrons. The summed E-state index contributed by atoms with van der Waals surface area (Å²) in [5.74, 6) is 1.71. The molecule has 4 heteroatoms. The second-order valence-electron chi connectivity index (χ2n) is 5.43. The van der Waals surface area contributed by atoms with Gasteiger partial charge in [-0.1, -0.05) is 18.6 Å². The summed E-state index contributed by atoms with van der Waals surface area (Å²) in [6, 6.07) is 6.28. The van der Waals surface area contributed by atoms with Crippen LogP contribution in [0.1, 0.15) is 31.7 Å². The van der Waals surface area contributed by atoms with Crippen LogP contribution in [0, 0.1) is 0 Å². The molecule has 1 N–H and O–H groups in total. The normalized spacial score (nSPS) is 24.4. The lowest BCUT2D eigenvalue weighted by atomic mass is 9.97. The molecule has 2 heterocycles. The van der Waals surface area contributed by atoms with Gasteiger partial charge in [-0.15, -0.1) is 0 Å². The Balaban J connectivity index is 1.78. The van der Waals surface area contributed by atoms with Crippen LogP contribution in [0.5, 0.6) is 11.5 Å². The van der Waals surface area contributed by atoms with E-state index in [1.165, 1.54) is 12.8 Å². The first kappa shape index (κ1) is 12.8. The van der Waals surface area contributed by atoms with Crippen LogP contribution in [0.3, 0.4) is 0 Å². The van der Waals surface area contributed by atoms with Crippen molar-refractivity contribution in [1.82, 2.24) is 4.90 Å². The Hall–Kier alpha value is -1.26. The molecule has 2 atom stereocenters. The molecule has 0 aliphatic carbocycles. The number of aliphatic hydroxyl groups excluding tert-OH is 1. The number of ether oxygens (including phenoxy) is 2. The Labute approximate surface area is 113 Å². The molecule has 1 fully saturated rings. The SMILES string of the molecule is CC(O)C1CCCCN1Cc1cccc2c1OCO2. The number of likely N-dealkylation sites (tertiary alicyclic amines) is 1. The predicted molar refractivity (Wildman–Crippen MR) is 72.3 cm³/mol. The van der Waals surface area contributed by atoms with Crippen molar-refractivity contribution in [3.8, 4) is 11.5 Å². The Kier molecular flexibility index (Phi) is 3.62. The van der Waals surface area contributed by atoms with Crippen LogP contribution >= 0.6 is 0 Å². The number of hydrogen-bond acceptors (Lipinski definition) is 4. The highest BCUT2D eigenvalue weighted by molar-refractivity contribution is 5.48. The highest BCUT2D eigenvalue weighted by Crippen LogP contribution is 2.36. The molecule has 19 heavy (non-hydrogen) atoms. The lowest BCUT2D eigenvalue weighted by molar-refractivity contribution is 0.0312. The quantitative estimate of drug-likeness (QED) is 0.907. The average Bonchev–Trinajstić information content (AvgIpc) is 2.88. The van der Waals surface area contributed by atoms with Gasteiger partial charge in [-0.2, -0.15) is 0 Å². The van der Waals surface area contributed by atoms with Crippen molar-refractivity contribution in [2.24, 2.45) is 0 Å². The number of rotatable bonds is 3. The van der Waals surface area contributed by atoms with Crippen molar-refractivity contribution in [3.05, 3.63) is 23.8 Å². The first-order valence-electron chi connectivity index (χ1n) is 7.05. The van der Waals surface area contributed by atoms with Gasteiger partial charge in [-0.05, 0) is 32.4 Å². The first-order chi connectivity index (χ1) is 9.25. The number of fused-ring (bicyclic) bond motifs is 1. The van der Waals surface area contributed by atoms with Gasteiger partial charge in [0.15, 0.2) is 11.5 Å². The van der Waals surface area contributed by atoms with Crippen LogP contribution in [-0.4, -0.2) is 35.5 Å². The molecule has 1 saturated heterocycles. The smallest absolute Gasteiger partial charge is 0.231 e. The summed E-state index contributed by atoms with van der Waals surface area (Å²) >= 11 is 0. The Morgan fingerprint density at radius 2 is 2.26 bits per heavy atom. The number of para-hydroxylation sites is 1. The van der Waals surface area contributed by atoms with Gasteiger partial charge in [-0.3, -0.25) is 4.90 Å². The highest BCUT2D eigenvalue weighted by Gasteiger charge is 2.28. The van der Waals surface area contributed by atoms with Crippen LogP contribution < -0.4 is 9.47 Å². The van der Waals surface area contributed by atoms with E-state index < -0.39 is 0 Å². The first-order valence-corrected chi connectivity index (χ1v) is 7.05. The molecule has 104 valence electrons. The largest absolute Gasteiger partial charge is 0.454 e. The second-order valence-corrected chi connectivity index (χ2v) is 5.43. The van der Waals surface area contributed by atoms with E-state index in [9.17, 15) is 5.11 Å². The molecule has 2 unspecified atom stereocenters. The summed E-state index contributed by atoms with van der Waals surface area (Å²) in [5, 5.41) is 9.92. The van der Waals surface area contributed by atoms with Gasteiger partial charge in [-0.25, -0.2) is 0 Å². The molecular formula is C15H21NO3. The van der Waals surface area contributed by atoms with E-state index in [-0.39, 0.29) is 12.1 Å². The molecule has 2 aliphatic rings. The lowest BCUT2D eigenvalue weighted by Crippen LogP contribution is -2.45. The lowest BCUT2D eigenvalue weighted by Gasteiger charge is -2.37. The van der Waals surface area contributed by atoms with Crippen LogP contribution in [0.4, 0.5) is 0 Å².